The van der Waals surface area contributed by atoms with Gasteiger partial charge < -0.3 is 5.73 Å². The molecule has 3 N–H and O–H groups in total. The number of nitrogens with zero attached hydrogens (tertiary/aromatic N) is 1. The fourth-order valence-corrected chi connectivity index (χ4v) is 1.29. The van der Waals surface area contributed by atoms with Gasteiger partial charge >= 0.3 is 0 Å². The number of amides is 1. The van der Waals surface area contributed by atoms with Gasteiger partial charge in [0.05, 0.1) is 5.54 Å². The number of nitrogens with one attached hydrogen (secondary N) is 1. The van der Waals surface area contributed by atoms with E-state index in [0.717, 1.165) is 5.56 Å². The first kappa shape index (κ1) is 14.0. The number of rotatable bonds is 2. The van der Waals surface area contributed by atoms with Gasteiger partial charge in [-0.3, -0.25) is 10.1 Å². The minimum absolute atomic E-state index is 0.130. The molecule has 0 aromatic heterocycles. The Balaban J connectivity index is 2.58. The summed E-state index contributed by atoms with van der Waals surface area (Å²) in [6, 6.07) is 9.57. The first-order valence-electron chi connectivity index (χ1n) is 5.76. The van der Waals surface area contributed by atoms with Crippen molar-refractivity contribution in [1.82, 2.24) is 5.32 Å². The lowest BCUT2D eigenvalue weighted by Gasteiger charge is -2.13. The van der Waals surface area contributed by atoms with E-state index in [1.165, 1.54) is 6.08 Å². The van der Waals surface area contributed by atoms with Gasteiger partial charge in [0, 0.05) is 6.08 Å². The number of carbonyl (C=O) groups excluding carboxylic acids is 1. The SMILES string of the molecule is CC(C)(C)N=C(N)NC(=O)C=Cc1ccccc1. The molecule has 0 atom stereocenters. The maximum Gasteiger partial charge on any atom is 0.250 e. The van der Waals surface area contributed by atoms with E-state index in [1.54, 1.807) is 6.08 Å². The zero-order valence-corrected chi connectivity index (χ0v) is 11.0. The number of hydrogen-bond donors (Lipinski definition) is 2. The highest BCUT2D eigenvalue weighted by Gasteiger charge is 2.08. The first-order valence-corrected chi connectivity index (χ1v) is 5.76. The molecule has 1 aromatic rings. The minimum atomic E-state index is -0.305. The van der Waals surface area contributed by atoms with Crippen LogP contribution in [0.5, 0.6) is 0 Å². The molecule has 1 aromatic carbocycles. The Hall–Kier alpha value is -2.10. The molecular weight excluding hydrogens is 226 g/mol. The predicted octanol–water partition coefficient (Wildman–Crippen LogP) is 1.93. The van der Waals surface area contributed by atoms with E-state index in [2.05, 4.69) is 10.3 Å². The zero-order chi connectivity index (χ0) is 13.6. The van der Waals surface area contributed by atoms with Gasteiger partial charge in [0.1, 0.15) is 0 Å². The summed E-state index contributed by atoms with van der Waals surface area (Å²) in [6.45, 7) is 5.73. The highest BCUT2D eigenvalue weighted by molar-refractivity contribution is 6.03. The van der Waals surface area contributed by atoms with Crippen molar-refractivity contribution in [3.05, 3.63) is 42.0 Å². The van der Waals surface area contributed by atoms with Crippen LogP contribution in [-0.2, 0) is 4.79 Å². The van der Waals surface area contributed by atoms with Crippen LogP contribution >= 0.6 is 0 Å². The van der Waals surface area contributed by atoms with Crippen LogP contribution in [0.3, 0.4) is 0 Å². The normalized spacial score (nSPS) is 12.7. The fourth-order valence-electron chi connectivity index (χ4n) is 1.29. The standard InChI is InChI=1S/C14H19N3O/c1-14(2,3)17-13(15)16-12(18)10-9-11-7-5-4-6-8-11/h4-10H,1-3H3,(H3,15,16,17,18). The number of carbonyl (C=O) groups is 1. The molecule has 0 unspecified atom stereocenters. The van der Waals surface area contributed by atoms with Gasteiger partial charge in [-0.15, -0.1) is 0 Å². The molecule has 4 nitrogen and oxygen atoms in total. The van der Waals surface area contributed by atoms with E-state index in [-0.39, 0.29) is 17.4 Å². The summed E-state index contributed by atoms with van der Waals surface area (Å²) in [4.78, 5) is 15.7. The van der Waals surface area contributed by atoms with Crippen molar-refractivity contribution < 1.29 is 4.79 Å². The summed E-state index contributed by atoms with van der Waals surface area (Å²) in [6.07, 6.45) is 3.15. The third kappa shape index (κ3) is 5.84. The van der Waals surface area contributed by atoms with Crippen molar-refractivity contribution in [2.45, 2.75) is 26.3 Å². The van der Waals surface area contributed by atoms with Crippen LogP contribution in [0.4, 0.5) is 0 Å². The highest BCUT2D eigenvalue weighted by Crippen LogP contribution is 2.05. The third-order valence-corrected chi connectivity index (χ3v) is 1.93. The summed E-state index contributed by atoms with van der Waals surface area (Å²) in [5.41, 5.74) is 6.27. The molecular formula is C14H19N3O. The largest absolute Gasteiger partial charge is 0.370 e. The summed E-state index contributed by atoms with van der Waals surface area (Å²) in [5.74, 6) is -0.158. The smallest absolute Gasteiger partial charge is 0.250 e. The highest BCUT2D eigenvalue weighted by atomic mass is 16.1. The second kappa shape index (κ2) is 6.00. The van der Waals surface area contributed by atoms with Crippen LogP contribution in [0.15, 0.2) is 41.4 Å². The molecule has 96 valence electrons. The second-order valence-corrected chi connectivity index (χ2v) is 4.90. The first-order chi connectivity index (χ1) is 8.37. The van der Waals surface area contributed by atoms with Gasteiger partial charge in [-0.1, -0.05) is 30.3 Å². The van der Waals surface area contributed by atoms with Gasteiger partial charge in [-0.05, 0) is 32.4 Å². The molecule has 0 heterocycles. The summed E-state index contributed by atoms with van der Waals surface area (Å²) in [7, 11) is 0. The zero-order valence-electron chi connectivity index (χ0n) is 11.0. The van der Waals surface area contributed by atoms with Crippen LogP contribution in [0.25, 0.3) is 6.08 Å². The van der Waals surface area contributed by atoms with Crippen LogP contribution in [0.2, 0.25) is 0 Å². The lowest BCUT2D eigenvalue weighted by molar-refractivity contribution is -0.115. The topological polar surface area (TPSA) is 67.5 Å². The lowest BCUT2D eigenvalue weighted by atomic mass is 10.1. The minimum Gasteiger partial charge on any atom is -0.370 e. The molecule has 0 spiro atoms. The monoisotopic (exact) mass is 245 g/mol. The molecule has 4 heteroatoms. The Morgan fingerprint density at radius 2 is 1.89 bits per heavy atom. The van der Waals surface area contributed by atoms with Crippen LogP contribution in [0, 0.1) is 0 Å². The average molecular weight is 245 g/mol. The lowest BCUT2D eigenvalue weighted by Crippen LogP contribution is -2.37. The Morgan fingerprint density at radius 3 is 2.44 bits per heavy atom. The number of hydrogen-bond acceptors (Lipinski definition) is 2. The molecule has 1 rings (SSSR count). The molecule has 0 saturated heterocycles. The van der Waals surface area contributed by atoms with Crippen molar-refractivity contribution in [3.8, 4) is 0 Å². The number of aliphatic imine (C=N–C) groups is 1. The summed E-state index contributed by atoms with van der Waals surface area (Å²) >= 11 is 0. The molecule has 0 aliphatic heterocycles. The quantitative estimate of drug-likeness (QED) is 0.475. The Bertz CT molecular complexity index is 456. The molecule has 0 fully saturated rings. The van der Waals surface area contributed by atoms with E-state index in [0.29, 0.717) is 0 Å². The van der Waals surface area contributed by atoms with E-state index >= 15 is 0 Å². The summed E-state index contributed by atoms with van der Waals surface area (Å²) < 4.78 is 0. The molecule has 0 aliphatic rings. The maximum atomic E-state index is 11.6. The van der Waals surface area contributed by atoms with Crippen LogP contribution in [0.1, 0.15) is 26.3 Å². The van der Waals surface area contributed by atoms with E-state index in [9.17, 15) is 4.79 Å². The van der Waals surface area contributed by atoms with Crippen molar-refractivity contribution in [1.29, 1.82) is 0 Å². The maximum absolute atomic E-state index is 11.6. The van der Waals surface area contributed by atoms with Gasteiger partial charge in [0.15, 0.2) is 5.96 Å². The van der Waals surface area contributed by atoms with Crippen molar-refractivity contribution in [2.75, 3.05) is 0 Å². The molecule has 0 bridgehead atoms. The van der Waals surface area contributed by atoms with Crippen molar-refractivity contribution in [2.24, 2.45) is 10.7 Å². The Morgan fingerprint density at radius 1 is 1.28 bits per heavy atom. The molecule has 0 saturated carbocycles. The average Bonchev–Trinajstić information content (AvgIpc) is 2.25. The second-order valence-electron chi connectivity index (χ2n) is 4.90. The van der Waals surface area contributed by atoms with E-state index in [4.69, 9.17) is 5.73 Å². The predicted molar refractivity (Wildman–Crippen MR) is 75.0 cm³/mol. The van der Waals surface area contributed by atoms with Gasteiger partial charge in [-0.2, -0.15) is 0 Å². The van der Waals surface area contributed by atoms with Crippen LogP contribution in [-0.4, -0.2) is 17.4 Å². The molecule has 0 aliphatic carbocycles. The Labute approximate surface area is 108 Å². The third-order valence-electron chi connectivity index (χ3n) is 1.93. The van der Waals surface area contributed by atoms with E-state index < -0.39 is 0 Å². The molecule has 18 heavy (non-hydrogen) atoms. The molecule has 0 radical (unpaired) electrons. The number of benzene rings is 1. The van der Waals surface area contributed by atoms with Gasteiger partial charge in [-0.25, -0.2) is 4.99 Å². The van der Waals surface area contributed by atoms with Gasteiger partial charge in [0.2, 0.25) is 0 Å². The van der Waals surface area contributed by atoms with E-state index in [1.807, 2.05) is 51.1 Å². The van der Waals surface area contributed by atoms with Crippen LogP contribution < -0.4 is 11.1 Å². The summed E-state index contributed by atoms with van der Waals surface area (Å²) in [5, 5.41) is 2.51. The number of guanidine groups is 1. The molecule has 1 amide bonds. The van der Waals surface area contributed by atoms with Crippen molar-refractivity contribution in [3.63, 3.8) is 0 Å². The van der Waals surface area contributed by atoms with Gasteiger partial charge in [0.25, 0.3) is 5.91 Å². The fraction of sp³-hybridized carbons (Fsp3) is 0.286. The number of nitrogens with two attached hydrogens (primary N) is 1. The Kier molecular flexibility index (Phi) is 4.66. The van der Waals surface area contributed by atoms with Crippen molar-refractivity contribution >= 4 is 17.9 Å².